The summed E-state index contributed by atoms with van der Waals surface area (Å²) in [6.07, 6.45) is 0. The highest BCUT2D eigenvalue weighted by Crippen LogP contribution is 2.70. The van der Waals surface area contributed by atoms with Crippen LogP contribution < -0.4 is 0 Å². The molecule has 0 nitrogen and oxygen atoms in total. The molecule has 0 spiro atoms. The van der Waals surface area contributed by atoms with Crippen LogP contribution in [0.4, 0.5) is 0 Å². The summed E-state index contributed by atoms with van der Waals surface area (Å²) in [6, 6.07) is 33.0. The van der Waals surface area contributed by atoms with Gasteiger partial charge in [0.2, 0.25) is 0 Å². The van der Waals surface area contributed by atoms with E-state index in [1.54, 1.807) is 0 Å². The van der Waals surface area contributed by atoms with E-state index < -0.39 is 7.26 Å². The first kappa shape index (κ1) is 18.5. The number of benzene rings is 3. The Labute approximate surface area is 148 Å². The van der Waals surface area contributed by atoms with E-state index in [4.69, 9.17) is 0 Å². The maximum atomic E-state index is 2.44. The smallest absolute Gasteiger partial charge is 0.0626 e. The molecule has 0 saturated carbocycles. The van der Waals surface area contributed by atoms with Crippen LogP contribution in [0.3, 0.4) is 0 Å². The van der Waals surface area contributed by atoms with Gasteiger partial charge >= 0.3 is 0 Å². The molecule has 0 unspecified atom stereocenters. The molecule has 0 bridgehead atoms. The van der Waals surface area contributed by atoms with Gasteiger partial charge in [-0.2, -0.15) is 0 Å². The van der Waals surface area contributed by atoms with E-state index in [1.165, 1.54) is 16.7 Å². The molecular weight excluding hydrogens is 306 g/mol. The zero-order chi connectivity index (χ0) is 16.3. The van der Waals surface area contributed by atoms with Crippen molar-refractivity contribution in [3.05, 3.63) is 108 Å². The Bertz CT molecular complexity index is 650. The van der Waals surface area contributed by atoms with Crippen LogP contribution in [0.1, 0.15) is 16.7 Å². The van der Waals surface area contributed by atoms with E-state index in [2.05, 4.69) is 111 Å². The summed E-state index contributed by atoms with van der Waals surface area (Å²) in [4.78, 5) is 0. The first-order valence-corrected chi connectivity index (χ1v) is 11.2. The van der Waals surface area contributed by atoms with Crippen LogP contribution in [0.15, 0.2) is 91.0 Å². The molecule has 3 aromatic rings. The standard InChI is InChI=1S/C22H24P.BH4/c1-23(2,3)22(19-13-7-4-8-14-19,20-15-9-5-10-16-20)21-17-11-6-12-18-21;/h4-18H,1-3H3;1H4/q+1;-1. The third-order valence-corrected chi connectivity index (χ3v) is 7.37. The highest BCUT2D eigenvalue weighted by molar-refractivity contribution is 7.75. The van der Waals surface area contributed by atoms with Gasteiger partial charge in [0.1, 0.15) is 0 Å². The minimum atomic E-state index is -1.32. The molecule has 24 heavy (non-hydrogen) atoms. The first-order valence-electron chi connectivity index (χ1n) is 8.05. The Hall–Kier alpha value is -1.85. The summed E-state index contributed by atoms with van der Waals surface area (Å²) in [5.74, 6) is 0. The largest absolute Gasteiger partial charge is 0.153 e. The van der Waals surface area contributed by atoms with Crippen molar-refractivity contribution in [2.75, 3.05) is 20.0 Å². The Morgan fingerprint density at radius 2 is 0.750 bits per heavy atom. The molecule has 0 fully saturated rings. The summed E-state index contributed by atoms with van der Waals surface area (Å²) < 4.78 is 0. The Morgan fingerprint density at radius 3 is 0.958 bits per heavy atom. The van der Waals surface area contributed by atoms with Gasteiger partial charge in [0.25, 0.3) is 0 Å². The van der Waals surface area contributed by atoms with E-state index in [9.17, 15) is 0 Å². The van der Waals surface area contributed by atoms with Crippen molar-refractivity contribution in [2.45, 2.75) is 5.16 Å². The van der Waals surface area contributed by atoms with Gasteiger partial charge in [0.05, 0.1) is 0 Å². The molecule has 0 aliphatic rings. The van der Waals surface area contributed by atoms with E-state index >= 15 is 0 Å². The van der Waals surface area contributed by atoms with Gasteiger partial charge in [0.15, 0.2) is 5.16 Å². The maximum Gasteiger partial charge on any atom is 0.153 e. The summed E-state index contributed by atoms with van der Waals surface area (Å²) in [7, 11) is -1.32. The minimum absolute atomic E-state index is 0. The second kappa shape index (κ2) is 7.37. The fraction of sp³-hybridized carbons (Fsp3) is 0.182. The van der Waals surface area contributed by atoms with Gasteiger partial charge in [-0.05, 0) is 0 Å². The topological polar surface area (TPSA) is 0 Å². The van der Waals surface area contributed by atoms with Gasteiger partial charge in [-0.3, -0.25) is 0 Å². The van der Waals surface area contributed by atoms with Crippen LogP contribution in [0.25, 0.3) is 0 Å². The van der Waals surface area contributed by atoms with Crippen molar-refractivity contribution < 1.29 is 0 Å². The third kappa shape index (κ3) is 3.06. The highest BCUT2D eigenvalue weighted by Gasteiger charge is 2.52. The van der Waals surface area contributed by atoms with Crippen molar-refractivity contribution in [2.24, 2.45) is 0 Å². The van der Waals surface area contributed by atoms with Gasteiger partial charge in [-0.1, -0.05) is 99.4 Å². The Morgan fingerprint density at radius 1 is 0.500 bits per heavy atom. The second-order valence-corrected chi connectivity index (χ2v) is 11.5. The summed E-state index contributed by atoms with van der Waals surface area (Å²) in [5.41, 5.74) is 4.16. The lowest BCUT2D eigenvalue weighted by molar-refractivity contribution is 0.868. The lowest BCUT2D eigenvalue weighted by atomic mass is 9.84. The lowest BCUT2D eigenvalue weighted by Crippen LogP contribution is -2.31. The molecule has 0 N–H and O–H groups in total. The summed E-state index contributed by atoms with van der Waals surface area (Å²) >= 11 is 0. The van der Waals surface area contributed by atoms with Gasteiger partial charge in [-0.25, -0.2) is 0 Å². The zero-order valence-electron chi connectivity index (χ0n) is 14.1. The zero-order valence-corrected chi connectivity index (χ0v) is 15.0. The van der Waals surface area contributed by atoms with Crippen LogP contribution in [0.2, 0.25) is 0 Å². The molecule has 0 saturated heterocycles. The second-order valence-electron chi connectivity index (χ2n) is 6.82. The normalized spacial score (nSPS) is 11.6. The molecule has 0 heterocycles. The van der Waals surface area contributed by atoms with E-state index in [0.29, 0.717) is 0 Å². The van der Waals surface area contributed by atoms with Crippen LogP contribution in [-0.4, -0.2) is 28.4 Å². The highest BCUT2D eigenvalue weighted by atomic mass is 31.2. The average molecular weight is 334 g/mol. The monoisotopic (exact) mass is 334 g/mol. The van der Waals surface area contributed by atoms with Crippen LogP contribution in [-0.2, 0) is 5.16 Å². The first-order chi connectivity index (χ1) is 11.1. The van der Waals surface area contributed by atoms with Crippen LogP contribution in [0, 0.1) is 0 Å². The molecule has 124 valence electrons. The summed E-state index contributed by atoms with van der Waals surface area (Å²) in [6.45, 7) is 7.33. The van der Waals surface area contributed by atoms with E-state index in [1.807, 2.05) is 0 Å². The summed E-state index contributed by atoms with van der Waals surface area (Å²) in [5, 5.41) is -0.0726. The molecule has 0 aromatic heterocycles. The molecule has 0 aliphatic carbocycles. The number of hydrogen-bond acceptors (Lipinski definition) is 0. The molecule has 0 atom stereocenters. The molecular formula is C22H28BP. The van der Waals surface area contributed by atoms with Gasteiger partial charge in [0, 0.05) is 43.9 Å². The predicted octanol–water partition coefficient (Wildman–Crippen LogP) is 4.43. The number of rotatable bonds is 4. The molecule has 0 radical (unpaired) electrons. The quantitative estimate of drug-likeness (QED) is 0.376. The van der Waals surface area contributed by atoms with Crippen molar-refractivity contribution in [1.29, 1.82) is 0 Å². The fourth-order valence-electron chi connectivity index (χ4n) is 3.70. The fourth-order valence-corrected chi connectivity index (χ4v) is 6.47. The van der Waals surface area contributed by atoms with E-state index in [-0.39, 0.29) is 13.6 Å². The number of hydrogen-bond donors (Lipinski definition) is 0. The molecule has 0 amide bonds. The van der Waals surface area contributed by atoms with Crippen molar-refractivity contribution in [1.82, 2.24) is 0 Å². The van der Waals surface area contributed by atoms with Crippen molar-refractivity contribution in [3.8, 4) is 0 Å². The Balaban J connectivity index is 0.00000208. The molecule has 0 aliphatic heterocycles. The average Bonchev–Trinajstić information content (AvgIpc) is 2.57. The minimum Gasteiger partial charge on any atom is -0.0626 e. The van der Waals surface area contributed by atoms with Crippen LogP contribution in [0.5, 0.6) is 0 Å². The van der Waals surface area contributed by atoms with Gasteiger partial charge in [-0.15, -0.1) is 0 Å². The van der Waals surface area contributed by atoms with E-state index in [0.717, 1.165) is 0 Å². The van der Waals surface area contributed by atoms with Crippen molar-refractivity contribution in [3.63, 3.8) is 0 Å². The van der Waals surface area contributed by atoms with Gasteiger partial charge < -0.3 is 0 Å². The van der Waals surface area contributed by atoms with Crippen molar-refractivity contribution >= 4 is 15.7 Å². The van der Waals surface area contributed by atoms with Crippen LogP contribution >= 0.6 is 7.26 Å². The SMILES string of the molecule is C[P+](C)(C)C(c1ccccc1)(c1ccccc1)c1ccccc1.[BH4-]. The third-order valence-electron chi connectivity index (χ3n) is 4.58. The predicted molar refractivity (Wildman–Crippen MR) is 115 cm³/mol. The lowest BCUT2D eigenvalue weighted by Gasteiger charge is -2.40. The molecule has 3 rings (SSSR count). The Kier molecular flexibility index (Phi) is 5.68. The molecule has 2 heteroatoms. The maximum absolute atomic E-state index is 2.44. The molecule has 3 aromatic carbocycles.